The molecule has 26 heavy (non-hydrogen) atoms. The Morgan fingerprint density at radius 3 is 2.50 bits per heavy atom. The first kappa shape index (κ1) is 17.9. The van der Waals surface area contributed by atoms with Crippen LogP contribution in [-0.2, 0) is 16.4 Å². The molecule has 0 aliphatic heterocycles. The van der Waals surface area contributed by atoms with Gasteiger partial charge in [-0.15, -0.1) is 0 Å². The molecule has 0 saturated carbocycles. The lowest BCUT2D eigenvalue weighted by Crippen LogP contribution is -2.14. The van der Waals surface area contributed by atoms with Crippen molar-refractivity contribution in [1.82, 2.24) is 10.1 Å². The minimum absolute atomic E-state index is 0.0524. The zero-order valence-corrected chi connectivity index (χ0v) is 15.6. The number of hydrogen-bond donors (Lipinski definition) is 2. The van der Waals surface area contributed by atoms with Gasteiger partial charge in [-0.3, -0.25) is 4.72 Å². The molecule has 7 nitrogen and oxygen atoms in total. The fraction of sp³-hybridized carbons (Fsp3) is 0.222. The van der Waals surface area contributed by atoms with E-state index in [1.807, 2.05) is 18.2 Å². The lowest BCUT2D eigenvalue weighted by atomic mass is 10.1. The fourth-order valence-corrected chi connectivity index (χ4v) is 4.06. The molecule has 2 N–H and O–H groups in total. The van der Waals surface area contributed by atoms with Gasteiger partial charge in [0.15, 0.2) is 10.7 Å². The molecule has 0 radical (unpaired) electrons. The van der Waals surface area contributed by atoms with Crippen LogP contribution in [0.25, 0.3) is 0 Å². The van der Waals surface area contributed by atoms with Crippen LogP contribution in [0.3, 0.4) is 0 Å². The van der Waals surface area contributed by atoms with Gasteiger partial charge in [0.1, 0.15) is 11.5 Å². The predicted molar refractivity (Wildman–Crippen MR) is 100 cm³/mol. The molecule has 2 heterocycles. The van der Waals surface area contributed by atoms with E-state index >= 15 is 0 Å². The number of aromatic nitrogens is 2. The molecule has 0 aliphatic carbocycles. The van der Waals surface area contributed by atoms with Gasteiger partial charge in [0.2, 0.25) is 0 Å². The standard InChI is InChI=1S/C18H20N4O3S/c1-4-14-7-5-6-8-16(14)20-17-10-9-15(11-19-17)22-26(23,24)18-12(2)21-25-13(18)3/h5-11,22H,4H2,1-3H3,(H,19,20). The molecular weight excluding hydrogens is 352 g/mol. The van der Waals surface area contributed by atoms with Crippen molar-refractivity contribution in [3.8, 4) is 0 Å². The van der Waals surface area contributed by atoms with E-state index in [-0.39, 0.29) is 10.7 Å². The van der Waals surface area contributed by atoms with Crippen LogP contribution in [0.1, 0.15) is 23.9 Å². The van der Waals surface area contributed by atoms with Gasteiger partial charge in [-0.25, -0.2) is 13.4 Å². The molecule has 136 valence electrons. The van der Waals surface area contributed by atoms with E-state index in [1.165, 1.54) is 11.8 Å². The number of aryl methyl sites for hydroxylation is 3. The summed E-state index contributed by atoms with van der Waals surface area (Å²) in [5.41, 5.74) is 2.83. The first-order chi connectivity index (χ1) is 12.4. The summed E-state index contributed by atoms with van der Waals surface area (Å²) in [6.45, 7) is 5.23. The number of nitrogens with one attached hydrogen (secondary N) is 2. The third-order valence-corrected chi connectivity index (χ3v) is 5.54. The van der Waals surface area contributed by atoms with E-state index in [9.17, 15) is 8.42 Å². The quantitative estimate of drug-likeness (QED) is 0.683. The maximum atomic E-state index is 12.5. The zero-order valence-electron chi connectivity index (χ0n) is 14.8. The van der Waals surface area contributed by atoms with Crippen molar-refractivity contribution in [2.45, 2.75) is 32.1 Å². The van der Waals surface area contributed by atoms with Gasteiger partial charge in [-0.1, -0.05) is 30.3 Å². The SMILES string of the molecule is CCc1ccccc1Nc1ccc(NS(=O)(=O)c2c(C)noc2C)cn1. The molecule has 3 aromatic rings. The maximum Gasteiger partial charge on any atom is 0.267 e. The highest BCUT2D eigenvalue weighted by atomic mass is 32.2. The summed E-state index contributed by atoms with van der Waals surface area (Å²) in [6.07, 6.45) is 2.37. The summed E-state index contributed by atoms with van der Waals surface area (Å²) in [5.74, 6) is 0.878. The molecule has 0 saturated heterocycles. The molecule has 0 amide bonds. The van der Waals surface area contributed by atoms with E-state index in [0.29, 0.717) is 17.2 Å². The molecule has 0 fully saturated rings. The number of nitrogens with zero attached hydrogens (tertiary/aromatic N) is 2. The number of para-hydroxylation sites is 1. The van der Waals surface area contributed by atoms with Gasteiger partial charge >= 0.3 is 0 Å². The number of hydrogen-bond acceptors (Lipinski definition) is 6. The van der Waals surface area contributed by atoms with Crippen LogP contribution < -0.4 is 10.0 Å². The number of anilines is 3. The summed E-state index contributed by atoms with van der Waals surface area (Å²) < 4.78 is 32.4. The van der Waals surface area contributed by atoms with Crippen molar-refractivity contribution in [1.29, 1.82) is 0 Å². The zero-order chi connectivity index (χ0) is 18.7. The van der Waals surface area contributed by atoms with Gasteiger partial charge < -0.3 is 9.84 Å². The average Bonchev–Trinajstić information content (AvgIpc) is 2.96. The third-order valence-electron chi connectivity index (χ3n) is 3.91. The van der Waals surface area contributed by atoms with Crippen molar-refractivity contribution in [2.75, 3.05) is 10.0 Å². The van der Waals surface area contributed by atoms with E-state index in [1.54, 1.807) is 26.0 Å². The molecule has 0 unspecified atom stereocenters. The minimum atomic E-state index is -3.78. The maximum absolute atomic E-state index is 12.5. The topological polar surface area (TPSA) is 97.1 Å². The average molecular weight is 372 g/mol. The highest BCUT2D eigenvalue weighted by Gasteiger charge is 2.24. The Balaban J connectivity index is 1.78. The molecule has 1 aromatic carbocycles. The Labute approximate surface area is 152 Å². The molecular formula is C18H20N4O3S. The van der Waals surface area contributed by atoms with Crippen molar-refractivity contribution < 1.29 is 12.9 Å². The minimum Gasteiger partial charge on any atom is -0.360 e. The van der Waals surface area contributed by atoms with Crippen molar-refractivity contribution in [3.63, 3.8) is 0 Å². The molecule has 3 rings (SSSR count). The smallest absolute Gasteiger partial charge is 0.267 e. The second-order valence-corrected chi connectivity index (χ2v) is 7.45. The van der Waals surface area contributed by atoms with Gasteiger partial charge in [0.25, 0.3) is 10.0 Å². The summed E-state index contributed by atoms with van der Waals surface area (Å²) in [6, 6.07) is 11.3. The van der Waals surface area contributed by atoms with E-state index < -0.39 is 10.0 Å². The van der Waals surface area contributed by atoms with Gasteiger partial charge in [0, 0.05) is 5.69 Å². The Kier molecular flexibility index (Phi) is 4.94. The van der Waals surface area contributed by atoms with Gasteiger partial charge in [0.05, 0.1) is 11.9 Å². The molecule has 0 bridgehead atoms. The van der Waals surface area contributed by atoms with E-state index in [0.717, 1.165) is 12.1 Å². The highest BCUT2D eigenvalue weighted by Crippen LogP contribution is 2.24. The number of benzene rings is 1. The molecule has 8 heteroatoms. The Morgan fingerprint density at radius 2 is 1.88 bits per heavy atom. The summed E-state index contributed by atoms with van der Waals surface area (Å²) in [5, 5.41) is 6.93. The van der Waals surface area contributed by atoms with Crippen LogP contribution in [-0.4, -0.2) is 18.6 Å². The Morgan fingerprint density at radius 1 is 1.12 bits per heavy atom. The predicted octanol–water partition coefficient (Wildman–Crippen LogP) is 3.79. The second kappa shape index (κ2) is 7.17. The second-order valence-electron chi connectivity index (χ2n) is 5.83. The van der Waals surface area contributed by atoms with Crippen LogP contribution in [0.15, 0.2) is 52.0 Å². The van der Waals surface area contributed by atoms with Crippen LogP contribution in [0.5, 0.6) is 0 Å². The first-order valence-corrected chi connectivity index (χ1v) is 9.65. The number of sulfonamides is 1. The van der Waals surface area contributed by atoms with Gasteiger partial charge in [-0.05, 0) is 44.0 Å². The van der Waals surface area contributed by atoms with E-state index in [2.05, 4.69) is 33.2 Å². The van der Waals surface area contributed by atoms with Crippen molar-refractivity contribution in [2.24, 2.45) is 0 Å². The highest BCUT2D eigenvalue weighted by molar-refractivity contribution is 7.92. The first-order valence-electron chi connectivity index (χ1n) is 8.17. The van der Waals surface area contributed by atoms with Crippen LogP contribution in [0.2, 0.25) is 0 Å². The third kappa shape index (κ3) is 3.70. The van der Waals surface area contributed by atoms with E-state index in [4.69, 9.17) is 4.52 Å². The van der Waals surface area contributed by atoms with Crippen molar-refractivity contribution >= 4 is 27.2 Å². The van der Waals surface area contributed by atoms with Crippen molar-refractivity contribution in [3.05, 3.63) is 59.6 Å². The summed E-state index contributed by atoms with van der Waals surface area (Å²) in [7, 11) is -3.78. The monoisotopic (exact) mass is 372 g/mol. The lowest BCUT2D eigenvalue weighted by Gasteiger charge is -2.11. The summed E-state index contributed by atoms with van der Waals surface area (Å²) in [4.78, 5) is 4.33. The van der Waals surface area contributed by atoms with Crippen LogP contribution in [0.4, 0.5) is 17.2 Å². The lowest BCUT2D eigenvalue weighted by molar-refractivity contribution is 0.390. The largest absolute Gasteiger partial charge is 0.360 e. The summed E-state index contributed by atoms with van der Waals surface area (Å²) >= 11 is 0. The number of rotatable bonds is 6. The van der Waals surface area contributed by atoms with Crippen LogP contribution >= 0.6 is 0 Å². The molecule has 0 spiro atoms. The normalized spacial score (nSPS) is 11.3. The van der Waals surface area contributed by atoms with Crippen LogP contribution in [0, 0.1) is 13.8 Å². The Bertz CT molecular complexity index is 992. The molecule has 0 aliphatic rings. The van der Waals surface area contributed by atoms with Gasteiger partial charge in [-0.2, -0.15) is 0 Å². The number of pyridine rings is 1. The fourth-order valence-electron chi connectivity index (χ4n) is 2.68. The molecule has 2 aromatic heterocycles. The Hall–Kier alpha value is -2.87. The molecule has 0 atom stereocenters.